The summed E-state index contributed by atoms with van der Waals surface area (Å²) < 4.78 is 0. The fourth-order valence-electron chi connectivity index (χ4n) is 1.13. The SMILES string of the molecule is CC(C)(C)C(=O)NCCNCc1cnc[nH]1.Cl. The van der Waals surface area contributed by atoms with Crippen LogP contribution in [0.3, 0.4) is 0 Å². The molecule has 5 nitrogen and oxygen atoms in total. The molecule has 6 heteroatoms. The molecule has 0 aliphatic heterocycles. The molecule has 1 aromatic rings. The maximum atomic E-state index is 11.5. The molecular formula is C11H21ClN4O. The third kappa shape index (κ3) is 6.28. The van der Waals surface area contributed by atoms with Gasteiger partial charge in [0.15, 0.2) is 0 Å². The number of aromatic nitrogens is 2. The Morgan fingerprint density at radius 1 is 1.41 bits per heavy atom. The van der Waals surface area contributed by atoms with Crippen LogP contribution >= 0.6 is 12.4 Å². The van der Waals surface area contributed by atoms with Crippen molar-refractivity contribution in [3.8, 4) is 0 Å². The summed E-state index contributed by atoms with van der Waals surface area (Å²) in [6.45, 7) is 7.84. The number of hydrogen-bond donors (Lipinski definition) is 3. The van der Waals surface area contributed by atoms with Crippen molar-refractivity contribution in [3.63, 3.8) is 0 Å². The highest BCUT2D eigenvalue weighted by Crippen LogP contribution is 2.11. The summed E-state index contributed by atoms with van der Waals surface area (Å²) in [5.74, 6) is 0.0795. The summed E-state index contributed by atoms with van der Waals surface area (Å²) in [5.41, 5.74) is 0.728. The predicted octanol–water partition coefficient (Wildman–Crippen LogP) is 1.08. The van der Waals surface area contributed by atoms with Gasteiger partial charge in [-0.05, 0) is 0 Å². The Morgan fingerprint density at radius 2 is 2.12 bits per heavy atom. The van der Waals surface area contributed by atoms with E-state index in [1.165, 1.54) is 0 Å². The van der Waals surface area contributed by atoms with E-state index < -0.39 is 0 Å². The van der Waals surface area contributed by atoms with Gasteiger partial charge in [0, 0.05) is 36.9 Å². The molecule has 0 aliphatic rings. The van der Waals surface area contributed by atoms with Crippen molar-refractivity contribution in [2.75, 3.05) is 13.1 Å². The van der Waals surface area contributed by atoms with Gasteiger partial charge in [-0.25, -0.2) is 4.98 Å². The van der Waals surface area contributed by atoms with Gasteiger partial charge in [0.05, 0.1) is 6.33 Å². The van der Waals surface area contributed by atoms with E-state index in [2.05, 4.69) is 20.6 Å². The lowest BCUT2D eigenvalue weighted by Gasteiger charge is -2.17. The van der Waals surface area contributed by atoms with Crippen molar-refractivity contribution < 1.29 is 4.79 Å². The number of H-pyrrole nitrogens is 1. The predicted molar refractivity (Wildman–Crippen MR) is 70.0 cm³/mol. The largest absolute Gasteiger partial charge is 0.354 e. The number of nitrogens with one attached hydrogen (secondary N) is 3. The number of carbonyl (C=O) groups excluding carboxylic acids is 1. The summed E-state index contributed by atoms with van der Waals surface area (Å²) in [5, 5.41) is 6.08. The van der Waals surface area contributed by atoms with Gasteiger partial charge in [-0.2, -0.15) is 0 Å². The fourth-order valence-corrected chi connectivity index (χ4v) is 1.13. The molecule has 0 fully saturated rings. The molecule has 0 saturated heterocycles. The van der Waals surface area contributed by atoms with Gasteiger partial charge < -0.3 is 15.6 Å². The smallest absolute Gasteiger partial charge is 0.225 e. The molecule has 0 aliphatic carbocycles. The Bertz CT molecular complexity index is 319. The van der Waals surface area contributed by atoms with Crippen LogP contribution in [0.1, 0.15) is 26.5 Å². The van der Waals surface area contributed by atoms with Crippen molar-refractivity contribution >= 4 is 18.3 Å². The third-order valence-corrected chi connectivity index (χ3v) is 2.14. The van der Waals surface area contributed by atoms with Gasteiger partial charge in [-0.1, -0.05) is 20.8 Å². The zero-order chi connectivity index (χ0) is 12.0. The maximum Gasteiger partial charge on any atom is 0.225 e. The van der Waals surface area contributed by atoms with Crippen LogP contribution in [0.5, 0.6) is 0 Å². The fraction of sp³-hybridized carbons (Fsp3) is 0.636. The summed E-state index contributed by atoms with van der Waals surface area (Å²) in [4.78, 5) is 18.4. The van der Waals surface area contributed by atoms with E-state index in [1.807, 2.05) is 20.8 Å². The van der Waals surface area contributed by atoms with E-state index in [-0.39, 0.29) is 23.7 Å². The van der Waals surface area contributed by atoms with Crippen LogP contribution in [0.15, 0.2) is 12.5 Å². The van der Waals surface area contributed by atoms with Gasteiger partial charge >= 0.3 is 0 Å². The molecule has 0 saturated carbocycles. The summed E-state index contributed by atoms with van der Waals surface area (Å²) in [6, 6.07) is 0. The summed E-state index contributed by atoms with van der Waals surface area (Å²) in [7, 11) is 0. The molecule has 1 rings (SSSR count). The Morgan fingerprint density at radius 3 is 2.65 bits per heavy atom. The molecule has 1 aromatic heterocycles. The van der Waals surface area contributed by atoms with E-state index in [4.69, 9.17) is 0 Å². The monoisotopic (exact) mass is 260 g/mol. The highest BCUT2D eigenvalue weighted by molar-refractivity contribution is 5.85. The first-order chi connectivity index (χ1) is 7.50. The summed E-state index contributed by atoms with van der Waals surface area (Å²) >= 11 is 0. The molecule has 0 aromatic carbocycles. The first-order valence-electron chi connectivity index (χ1n) is 5.46. The zero-order valence-corrected chi connectivity index (χ0v) is 11.4. The lowest BCUT2D eigenvalue weighted by Crippen LogP contribution is -2.38. The lowest BCUT2D eigenvalue weighted by molar-refractivity contribution is -0.128. The number of aromatic amines is 1. The van der Waals surface area contributed by atoms with Crippen molar-refractivity contribution in [3.05, 3.63) is 18.2 Å². The minimum Gasteiger partial charge on any atom is -0.354 e. The van der Waals surface area contributed by atoms with E-state index in [9.17, 15) is 4.79 Å². The van der Waals surface area contributed by atoms with E-state index in [0.29, 0.717) is 6.54 Å². The number of rotatable bonds is 5. The van der Waals surface area contributed by atoms with Gasteiger partial charge in [0.1, 0.15) is 0 Å². The zero-order valence-electron chi connectivity index (χ0n) is 10.5. The highest BCUT2D eigenvalue weighted by atomic mass is 35.5. The maximum absolute atomic E-state index is 11.5. The number of hydrogen-bond acceptors (Lipinski definition) is 3. The van der Waals surface area contributed by atoms with Crippen LogP contribution in [0.4, 0.5) is 0 Å². The molecule has 98 valence electrons. The van der Waals surface area contributed by atoms with Crippen LogP contribution in [0, 0.1) is 5.41 Å². The van der Waals surface area contributed by atoms with Gasteiger partial charge in [0.25, 0.3) is 0 Å². The lowest BCUT2D eigenvalue weighted by atomic mass is 9.96. The van der Waals surface area contributed by atoms with E-state index in [1.54, 1.807) is 12.5 Å². The quantitative estimate of drug-likeness (QED) is 0.694. The Labute approximate surface area is 108 Å². The Kier molecular flexibility index (Phi) is 6.83. The molecule has 1 heterocycles. The minimum absolute atomic E-state index is 0. The molecule has 0 atom stereocenters. The summed E-state index contributed by atoms with van der Waals surface area (Å²) in [6.07, 6.45) is 3.43. The number of nitrogens with zero attached hydrogens (tertiary/aromatic N) is 1. The highest BCUT2D eigenvalue weighted by Gasteiger charge is 2.19. The van der Waals surface area contributed by atoms with Crippen molar-refractivity contribution in [2.24, 2.45) is 5.41 Å². The van der Waals surface area contributed by atoms with E-state index in [0.717, 1.165) is 18.8 Å². The van der Waals surface area contributed by atoms with Gasteiger partial charge in [0.2, 0.25) is 5.91 Å². The van der Waals surface area contributed by atoms with Crippen LogP contribution in [0.2, 0.25) is 0 Å². The average Bonchev–Trinajstić information content (AvgIpc) is 2.68. The molecule has 3 N–H and O–H groups in total. The number of halogens is 1. The van der Waals surface area contributed by atoms with Crippen LogP contribution in [-0.2, 0) is 11.3 Å². The molecule has 1 amide bonds. The second kappa shape index (κ2) is 7.29. The normalized spacial score (nSPS) is 10.8. The number of amides is 1. The molecule has 0 bridgehead atoms. The van der Waals surface area contributed by atoms with Crippen molar-refractivity contribution in [1.29, 1.82) is 0 Å². The molecule has 0 unspecified atom stereocenters. The minimum atomic E-state index is -0.316. The van der Waals surface area contributed by atoms with Crippen molar-refractivity contribution in [1.82, 2.24) is 20.6 Å². The Hall–Kier alpha value is -1.07. The number of carbonyl (C=O) groups is 1. The second-order valence-electron chi connectivity index (χ2n) is 4.76. The molecule has 0 radical (unpaired) electrons. The van der Waals surface area contributed by atoms with Crippen LogP contribution < -0.4 is 10.6 Å². The van der Waals surface area contributed by atoms with Gasteiger partial charge in [-0.15, -0.1) is 12.4 Å². The Balaban J connectivity index is 0.00000256. The first kappa shape index (κ1) is 15.9. The van der Waals surface area contributed by atoms with Crippen LogP contribution in [0.25, 0.3) is 0 Å². The van der Waals surface area contributed by atoms with E-state index >= 15 is 0 Å². The molecular weight excluding hydrogens is 240 g/mol. The van der Waals surface area contributed by atoms with Crippen LogP contribution in [-0.4, -0.2) is 29.0 Å². The molecule has 17 heavy (non-hydrogen) atoms. The topological polar surface area (TPSA) is 69.8 Å². The second-order valence-corrected chi connectivity index (χ2v) is 4.76. The molecule has 0 spiro atoms. The average molecular weight is 261 g/mol. The third-order valence-electron chi connectivity index (χ3n) is 2.14. The first-order valence-corrected chi connectivity index (χ1v) is 5.46. The number of imidazole rings is 1. The standard InChI is InChI=1S/C11H20N4O.ClH/c1-11(2,3)10(16)14-5-4-12-6-9-7-13-8-15-9;/h7-8,12H,4-6H2,1-3H3,(H,13,15)(H,14,16);1H. The van der Waals surface area contributed by atoms with Crippen molar-refractivity contribution in [2.45, 2.75) is 27.3 Å². The van der Waals surface area contributed by atoms with Gasteiger partial charge in [-0.3, -0.25) is 4.79 Å².